The molecule has 2 heterocycles. The molecule has 2 aromatic rings. The lowest BCUT2D eigenvalue weighted by Gasteiger charge is -2.27. The van der Waals surface area contributed by atoms with Gasteiger partial charge in [-0.2, -0.15) is 0 Å². The van der Waals surface area contributed by atoms with E-state index in [4.69, 9.17) is 9.47 Å². The van der Waals surface area contributed by atoms with Gasteiger partial charge in [-0.3, -0.25) is 0 Å². The van der Waals surface area contributed by atoms with Crippen molar-refractivity contribution in [1.29, 1.82) is 0 Å². The summed E-state index contributed by atoms with van der Waals surface area (Å²) in [5, 5.41) is 4.69. The summed E-state index contributed by atoms with van der Waals surface area (Å²) < 4.78 is 12.2. The van der Waals surface area contributed by atoms with Crippen molar-refractivity contribution in [2.45, 2.75) is 31.7 Å². The molecule has 1 aliphatic rings. The van der Waals surface area contributed by atoms with Crippen LogP contribution in [0.5, 0.6) is 11.5 Å². The molecule has 1 N–H and O–H groups in total. The molecule has 3 rings (SSSR count). The van der Waals surface area contributed by atoms with E-state index in [9.17, 15) is 0 Å². The number of methoxy groups -OCH3 is 2. The minimum Gasteiger partial charge on any atom is -0.493 e. The second-order valence-corrected chi connectivity index (χ2v) is 6.55. The zero-order chi connectivity index (χ0) is 14.1. The highest BCUT2D eigenvalue weighted by molar-refractivity contribution is 7.19. The number of ether oxygens (including phenoxy) is 2. The van der Waals surface area contributed by atoms with Crippen LogP contribution in [0.3, 0.4) is 0 Å². The Balaban J connectivity index is 2.01. The fourth-order valence-electron chi connectivity index (χ4n) is 3.05. The van der Waals surface area contributed by atoms with Gasteiger partial charge >= 0.3 is 0 Å². The van der Waals surface area contributed by atoms with Crippen molar-refractivity contribution >= 4 is 21.4 Å². The van der Waals surface area contributed by atoms with Crippen LogP contribution in [0.4, 0.5) is 0 Å². The van der Waals surface area contributed by atoms with Gasteiger partial charge in [0, 0.05) is 21.0 Å². The van der Waals surface area contributed by atoms with Crippen molar-refractivity contribution in [3.63, 3.8) is 0 Å². The van der Waals surface area contributed by atoms with Gasteiger partial charge < -0.3 is 14.8 Å². The fourth-order valence-corrected chi connectivity index (χ4v) is 4.26. The van der Waals surface area contributed by atoms with Crippen molar-refractivity contribution in [2.24, 2.45) is 0 Å². The molecule has 108 valence electrons. The minimum atomic E-state index is 0.607. The first-order valence-electron chi connectivity index (χ1n) is 7.10. The molecule has 0 radical (unpaired) electrons. The van der Waals surface area contributed by atoms with Crippen LogP contribution < -0.4 is 14.8 Å². The zero-order valence-corrected chi connectivity index (χ0v) is 13.0. The molecular weight excluding hydrogens is 270 g/mol. The van der Waals surface area contributed by atoms with E-state index in [1.54, 1.807) is 14.2 Å². The molecule has 1 saturated heterocycles. The number of hydrogen-bond donors (Lipinski definition) is 1. The topological polar surface area (TPSA) is 30.5 Å². The van der Waals surface area contributed by atoms with Gasteiger partial charge in [0.2, 0.25) is 0 Å². The third-order valence-electron chi connectivity index (χ3n) is 4.08. The second-order valence-electron chi connectivity index (χ2n) is 5.44. The quantitative estimate of drug-likeness (QED) is 0.933. The number of fused-ring (bicyclic) bond motifs is 1. The van der Waals surface area contributed by atoms with Gasteiger partial charge in [-0.05, 0) is 50.4 Å². The summed E-state index contributed by atoms with van der Waals surface area (Å²) in [5.74, 6) is 2.33. The monoisotopic (exact) mass is 291 g/mol. The number of piperidine rings is 1. The lowest BCUT2D eigenvalue weighted by molar-refractivity contribution is 0.358. The van der Waals surface area contributed by atoms with E-state index >= 15 is 0 Å². The standard InChI is InChI=1S/C16H21NO2S/c1-10-8-11(6-7-17-10)15-9-12-14(20-15)5-4-13(18-2)16(12)19-3/h4-5,9-11,17H,6-8H2,1-3H3/t10-,11+/m0/s1. The highest BCUT2D eigenvalue weighted by Gasteiger charge is 2.22. The van der Waals surface area contributed by atoms with E-state index in [0.29, 0.717) is 12.0 Å². The minimum absolute atomic E-state index is 0.607. The summed E-state index contributed by atoms with van der Waals surface area (Å²) in [6.45, 7) is 3.38. The van der Waals surface area contributed by atoms with Crippen LogP contribution in [0, 0.1) is 0 Å². The van der Waals surface area contributed by atoms with Gasteiger partial charge in [0.05, 0.1) is 14.2 Å². The molecule has 0 amide bonds. The number of rotatable bonds is 3. The first-order valence-corrected chi connectivity index (χ1v) is 7.92. The third kappa shape index (κ3) is 2.38. The number of nitrogens with one attached hydrogen (secondary N) is 1. The molecule has 4 heteroatoms. The molecular formula is C16H21NO2S. The third-order valence-corrected chi connectivity index (χ3v) is 5.35. The lowest BCUT2D eigenvalue weighted by Crippen LogP contribution is -2.34. The Morgan fingerprint density at radius 3 is 2.80 bits per heavy atom. The van der Waals surface area contributed by atoms with Crippen LogP contribution in [0.15, 0.2) is 18.2 Å². The summed E-state index contributed by atoms with van der Waals surface area (Å²) >= 11 is 1.89. The van der Waals surface area contributed by atoms with Gasteiger partial charge in [-0.25, -0.2) is 0 Å². The Morgan fingerprint density at radius 2 is 2.10 bits per heavy atom. The molecule has 0 saturated carbocycles. The molecule has 1 aromatic carbocycles. The van der Waals surface area contributed by atoms with Crippen molar-refractivity contribution in [1.82, 2.24) is 5.32 Å². The van der Waals surface area contributed by atoms with Crippen molar-refractivity contribution in [2.75, 3.05) is 20.8 Å². The molecule has 0 spiro atoms. The average Bonchev–Trinajstić information content (AvgIpc) is 2.90. The maximum Gasteiger partial charge on any atom is 0.169 e. The SMILES string of the molecule is COc1ccc2sc([C@@H]3CCN[C@@H](C)C3)cc2c1OC. The van der Waals surface area contributed by atoms with E-state index in [-0.39, 0.29) is 0 Å². The molecule has 1 aromatic heterocycles. The number of benzene rings is 1. The van der Waals surface area contributed by atoms with E-state index < -0.39 is 0 Å². The highest BCUT2D eigenvalue weighted by atomic mass is 32.1. The maximum absolute atomic E-state index is 5.54. The molecule has 1 fully saturated rings. The van der Waals surface area contributed by atoms with Crippen LogP contribution in [-0.4, -0.2) is 26.8 Å². The Kier molecular flexibility index (Phi) is 3.85. The van der Waals surface area contributed by atoms with Crippen LogP contribution in [-0.2, 0) is 0 Å². The first kappa shape index (κ1) is 13.7. The molecule has 0 aliphatic carbocycles. The molecule has 1 aliphatic heterocycles. The van der Waals surface area contributed by atoms with Gasteiger partial charge in [0.25, 0.3) is 0 Å². The van der Waals surface area contributed by atoms with Crippen LogP contribution >= 0.6 is 11.3 Å². The molecule has 0 unspecified atom stereocenters. The molecule has 20 heavy (non-hydrogen) atoms. The second kappa shape index (κ2) is 5.62. The van der Waals surface area contributed by atoms with Gasteiger partial charge in [-0.1, -0.05) is 0 Å². The summed E-state index contributed by atoms with van der Waals surface area (Å²) in [6, 6.07) is 7.03. The predicted molar refractivity (Wildman–Crippen MR) is 84.4 cm³/mol. The lowest BCUT2D eigenvalue weighted by atomic mass is 9.92. The van der Waals surface area contributed by atoms with Crippen molar-refractivity contribution in [3.05, 3.63) is 23.1 Å². The predicted octanol–water partition coefficient (Wildman–Crippen LogP) is 3.77. The largest absolute Gasteiger partial charge is 0.493 e. The maximum atomic E-state index is 5.54. The fraction of sp³-hybridized carbons (Fsp3) is 0.500. The van der Waals surface area contributed by atoms with Crippen LogP contribution in [0.2, 0.25) is 0 Å². The summed E-state index contributed by atoms with van der Waals surface area (Å²) in [5.41, 5.74) is 0. The Morgan fingerprint density at radius 1 is 1.25 bits per heavy atom. The van der Waals surface area contributed by atoms with Crippen molar-refractivity contribution < 1.29 is 9.47 Å². The number of hydrogen-bond acceptors (Lipinski definition) is 4. The Hall–Kier alpha value is -1.26. The first-order chi connectivity index (χ1) is 9.72. The highest BCUT2D eigenvalue weighted by Crippen LogP contribution is 2.43. The summed E-state index contributed by atoms with van der Waals surface area (Å²) in [6.07, 6.45) is 2.43. The van der Waals surface area contributed by atoms with E-state index in [0.717, 1.165) is 18.0 Å². The van der Waals surface area contributed by atoms with Gasteiger partial charge in [-0.15, -0.1) is 11.3 Å². The number of thiophene rings is 1. The summed E-state index contributed by atoms with van der Waals surface area (Å²) in [7, 11) is 3.40. The van der Waals surface area contributed by atoms with Crippen LogP contribution in [0.1, 0.15) is 30.6 Å². The Bertz CT molecular complexity index is 608. The Labute approximate surface area is 123 Å². The van der Waals surface area contributed by atoms with Gasteiger partial charge in [0.1, 0.15) is 0 Å². The van der Waals surface area contributed by atoms with Crippen LogP contribution in [0.25, 0.3) is 10.1 Å². The normalized spacial score (nSPS) is 22.9. The van der Waals surface area contributed by atoms with E-state index in [1.807, 2.05) is 17.4 Å². The molecule has 2 atom stereocenters. The molecule has 3 nitrogen and oxygen atoms in total. The van der Waals surface area contributed by atoms with Crippen molar-refractivity contribution in [3.8, 4) is 11.5 Å². The smallest absolute Gasteiger partial charge is 0.169 e. The van der Waals surface area contributed by atoms with E-state index in [2.05, 4.69) is 24.4 Å². The zero-order valence-electron chi connectivity index (χ0n) is 12.2. The van der Waals surface area contributed by atoms with Gasteiger partial charge in [0.15, 0.2) is 11.5 Å². The average molecular weight is 291 g/mol. The summed E-state index contributed by atoms with van der Waals surface area (Å²) in [4.78, 5) is 1.47. The van der Waals surface area contributed by atoms with E-state index in [1.165, 1.54) is 27.8 Å². The molecule has 0 bridgehead atoms.